The van der Waals surface area contributed by atoms with Gasteiger partial charge in [0, 0.05) is 19.2 Å². The highest BCUT2D eigenvalue weighted by Crippen LogP contribution is 2.39. The number of nitrogens with zero attached hydrogens (tertiary/aromatic N) is 1. The van der Waals surface area contributed by atoms with E-state index in [1.807, 2.05) is 0 Å². The van der Waals surface area contributed by atoms with Gasteiger partial charge in [0.25, 0.3) is 0 Å². The quantitative estimate of drug-likeness (QED) is 0.453. The molecule has 0 spiro atoms. The molecule has 0 heterocycles. The van der Waals surface area contributed by atoms with Gasteiger partial charge in [0.15, 0.2) is 0 Å². The van der Waals surface area contributed by atoms with E-state index in [2.05, 4.69) is 17.9 Å². The Morgan fingerprint density at radius 3 is 2.12 bits per heavy atom. The zero-order valence-corrected chi connectivity index (χ0v) is 20.6. The van der Waals surface area contributed by atoms with Crippen molar-refractivity contribution in [3.05, 3.63) is 60.2 Å². The van der Waals surface area contributed by atoms with E-state index in [1.54, 1.807) is 68.4 Å². The molecule has 0 radical (unpaired) electrons. The van der Waals surface area contributed by atoms with E-state index in [0.29, 0.717) is 17.0 Å². The van der Waals surface area contributed by atoms with Crippen LogP contribution in [0.2, 0.25) is 0 Å². The summed E-state index contributed by atoms with van der Waals surface area (Å²) >= 11 is 4.32. The van der Waals surface area contributed by atoms with Crippen molar-refractivity contribution in [3.63, 3.8) is 0 Å². The van der Waals surface area contributed by atoms with Crippen LogP contribution in [0.5, 0.6) is 5.75 Å². The van der Waals surface area contributed by atoms with E-state index in [1.165, 1.54) is 14.2 Å². The summed E-state index contributed by atoms with van der Waals surface area (Å²) in [7, 11) is 2.95. The standard InChI is InChI=1S/C25H31F3N2O3S/c1-17(2)15-24(34,16-25(26,27)28)23(32)30(19-8-6-5-7-9-19)21(22(31)29-3)14-18-10-12-20(33-4)13-11-18/h5-13,17,21,34H,14-16H2,1-4H3,(H,29,31)/t21-,24?/m0/s1. The number of nitrogens with one attached hydrogen (secondary N) is 1. The molecular formula is C25H31F3N2O3S. The second-order valence-corrected chi connectivity index (χ2v) is 9.47. The van der Waals surface area contributed by atoms with Gasteiger partial charge in [0.2, 0.25) is 11.8 Å². The van der Waals surface area contributed by atoms with Crippen LogP contribution in [0, 0.1) is 5.92 Å². The molecule has 2 aromatic carbocycles. The minimum Gasteiger partial charge on any atom is -0.497 e. The summed E-state index contributed by atoms with van der Waals surface area (Å²) in [5.41, 5.74) is 1.03. The van der Waals surface area contributed by atoms with Gasteiger partial charge in [-0.3, -0.25) is 14.5 Å². The van der Waals surface area contributed by atoms with Crippen molar-refractivity contribution in [2.45, 2.75) is 50.1 Å². The summed E-state index contributed by atoms with van der Waals surface area (Å²) in [5.74, 6) is -0.982. The van der Waals surface area contributed by atoms with Crippen molar-refractivity contribution in [1.29, 1.82) is 0 Å². The summed E-state index contributed by atoms with van der Waals surface area (Å²) in [5, 5.41) is 2.55. The summed E-state index contributed by atoms with van der Waals surface area (Å²) in [6, 6.07) is 14.1. The molecule has 9 heteroatoms. The lowest BCUT2D eigenvalue weighted by Crippen LogP contribution is -2.57. The Kier molecular flexibility index (Phi) is 9.44. The summed E-state index contributed by atoms with van der Waals surface area (Å²) in [6.07, 6.45) is -6.05. The lowest BCUT2D eigenvalue weighted by atomic mass is 9.90. The number of para-hydroxylation sites is 1. The Labute approximate surface area is 204 Å². The number of carbonyl (C=O) groups excluding carboxylic acids is 2. The smallest absolute Gasteiger partial charge is 0.390 e. The average molecular weight is 497 g/mol. The van der Waals surface area contributed by atoms with Crippen LogP contribution in [0.1, 0.15) is 32.3 Å². The minimum atomic E-state index is -4.62. The van der Waals surface area contributed by atoms with Gasteiger partial charge < -0.3 is 10.1 Å². The van der Waals surface area contributed by atoms with Crippen LogP contribution in [0.3, 0.4) is 0 Å². The number of hydrogen-bond acceptors (Lipinski definition) is 4. The molecule has 0 saturated carbocycles. The molecule has 0 aromatic heterocycles. The van der Waals surface area contributed by atoms with E-state index in [9.17, 15) is 22.8 Å². The molecule has 186 valence electrons. The topological polar surface area (TPSA) is 58.6 Å². The number of hydrogen-bond donors (Lipinski definition) is 2. The Morgan fingerprint density at radius 1 is 1.06 bits per heavy atom. The summed E-state index contributed by atoms with van der Waals surface area (Å²) in [4.78, 5) is 28.1. The second kappa shape index (κ2) is 11.6. The Morgan fingerprint density at radius 2 is 1.65 bits per heavy atom. The van der Waals surface area contributed by atoms with Gasteiger partial charge in [0.05, 0.1) is 13.5 Å². The number of benzene rings is 2. The van der Waals surface area contributed by atoms with E-state index < -0.39 is 35.2 Å². The van der Waals surface area contributed by atoms with Gasteiger partial charge >= 0.3 is 6.18 Å². The fourth-order valence-corrected chi connectivity index (χ4v) is 4.60. The van der Waals surface area contributed by atoms with Crippen molar-refractivity contribution in [1.82, 2.24) is 5.32 Å². The summed E-state index contributed by atoms with van der Waals surface area (Å²) in [6.45, 7) is 3.46. The first-order valence-corrected chi connectivity index (χ1v) is 11.4. The molecular weight excluding hydrogens is 465 g/mol. The summed E-state index contributed by atoms with van der Waals surface area (Å²) < 4.78 is 43.8. The maximum absolute atomic E-state index is 13.9. The first-order chi connectivity index (χ1) is 15.9. The third-order valence-corrected chi connectivity index (χ3v) is 5.87. The van der Waals surface area contributed by atoms with Gasteiger partial charge in [-0.1, -0.05) is 44.2 Å². The molecule has 0 aliphatic rings. The van der Waals surface area contributed by atoms with Gasteiger partial charge in [0.1, 0.15) is 16.5 Å². The highest BCUT2D eigenvalue weighted by atomic mass is 32.1. The van der Waals surface area contributed by atoms with Crippen LogP contribution in [-0.2, 0) is 16.0 Å². The number of amides is 2. The van der Waals surface area contributed by atoms with E-state index in [0.717, 1.165) is 4.90 Å². The number of thiol groups is 1. The van der Waals surface area contributed by atoms with Gasteiger partial charge in [-0.05, 0) is 42.2 Å². The fraction of sp³-hybridized carbons (Fsp3) is 0.440. The fourth-order valence-electron chi connectivity index (χ4n) is 3.95. The molecule has 34 heavy (non-hydrogen) atoms. The molecule has 2 rings (SSSR count). The van der Waals surface area contributed by atoms with Crippen molar-refractivity contribution >= 4 is 30.1 Å². The van der Waals surface area contributed by atoms with Crippen molar-refractivity contribution in [3.8, 4) is 5.75 Å². The number of ether oxygens (including phenoxy) is 1. The molecule has 2 aromatic rings. The SMILES string of the molecule is CNC(=O)[C@H](Cc1ccc(OC)cc1)N(C(=O)C(S)(CC(C)C)CC(F)(F)F)c1ccccc1. The minimum absolute atomic E-state index is 0.0852. The molecule has 0 saturated heterocycles. The first kappa shape index (κ1) is 27.6. The molecule has 2 atom stereocenters. The molecule has 1 unspecified atom stereocenters. The number of alkyl halides is 3. The van der Waals surface area contributed by atoms with Crippen LogP contribution >= 0.6 is 12.6 Å². The third kappa shape index (κ3) is 7.41. The Hall–Kier alpha value is -2.68. The van der Waals surface area contributed by atoms with E-state index in [-0.39, 0.29) is 18.8 Å². The number of carbonyl (C=O) groups is 2. The molecule has 0 aliphatic heterocycles. The Balaban J connectivity index is 2.60. The molecule has 0 fully saturated rings. The number of rotatable bonds is 10. The molecule has 0 bridgehead atoms. The molecule has 5 nitrogen and oxygen atoms in total. The maximum atomic E-state index is 13.9. The number of halogens is 3. The van der Waals surface area contributed by atoms with Crippen LogP contribution in [0.25, 0.3) is 0 Å². The number of methoxy groups -OCH3 is 1. The Bertz CT molecular complexity index is 952. The zero-order chi connectivity index (χ0) is 25.5. The predicted molar refractivity (Wildman–Crippen MR) is 130 cm³/mol. The number of anilines is 1. The van der Waals surface area contributed by atoms with Crippen molar-refractivity contribution < 1.29 is 27.5 Å². The van der Waals surface area contributed by atoms with Crippen LogP contribution in [0.15, 0.2) is 54.6 Å². The number of likely N-dealkylation sites (N-methyl/N-ethyl adjacent to an activating group) is 1. The average Bonchev–Trinajstić information content (AvgIpc) is 2.77. The van der Waals surface area contributed by atoms with Crippen LogP contribution in [-0.4, -0.2) is 42.9 Å². The molecule has 2 amide bonds. The predicted octanol–water partition coefficient (Wildman–Crippen LogP) is 5.05. The lowest BCUT2D eigenvalue weighted by molar-refractivity contribution is -0.150. The van der Waals surface area contributed by atoms with Crippen molar-refractivity contribution in [2.24, 2.45) is 5.92 Å². The first-order valence-electron chi connectivity index (χ1n) is 10.9. The maximum Gasteiger partial charge on any atom is 0.390 e. The monoisotopic (exact) mass is 496 g/mol. The highest BCUT2D eigenvalue weighted by molar-refractivity contribution is 7.82. The van der Waals surface area contributed by atoms with Crippen LogP contribution in [0.4, 0.5) is 18.9 Å². The van der Waals surface area contributed by atoms with Crippen LogP contribution < -0.4 is 15.0 Å². The molecule has 0 aliphatic carbocycles. The zero-order valence-electron chi connectivity index (χ0n) is 19.7. The van der Waals surface area contributed by atoms with Gasteiger partial charge in [-0.2, -0.15) is 25.8 Å². The largest absolute Gasteiger partial charge is 0.497 e. The molecule has 1 N–H and O–H groups in total. The lowest BCUT2D eigenvalue weighted by Gasteiger charge is -2.39. The van der Waals surface area contributed by atoms with Crippen molar-refractivity contribution in [2.75, 3.05) is 19.1 Å². The highest BCUT2D eigenvalue weighted by Gasteiger charge is 2.49. The second-order valence-electron chi connectivity index (χ2n) is 8.61. The van der Waals surface area contributed by atoms with Gasteiger partial charge in [-0.15, -0.1) is 0 Å². The van der Waals surface area contributed by atoms with E-state index >= 15 is 0 Å². The third-order valence-electron chi connectivity index (χ3n) is 5.34. The van der Waals surface area contributed by atoms with Gasteiger partial charge in [-0.25, -0.2) is 0 Å². The van der Waals surface area contributed by atoms with E-state index in [4.69, 9.17) is 4.74 Å². The normalized spacial score (nSPS) is 14.3.